The predicted octanol–water partition coefficient (Wildman–Crippen LogP) is 4.22. The highest BCUT2D eigenvalue weighted by Crippen LogP contribution is 2.51. The number of sulfonamides is 1. The lowest BCUT2D eigenvalue weighted by Gasteiger charge is -2.44. The first kappa shape index (κ1) is 22.4. The van der Waals surface area contributed by atoms with Crippen molar-refractivity contribution in [3.05, 3.63) is 59.7 Å². The molecule has 0 saturated carbocycles. The van der Waals surface area contributed by atoms with Gasteiger partial charge < -0.3 is 14.7 Å². The fraction of sp³-hybridized carbons (Fsp3) is 0.462. The Balaban J connectivity index is 1.63. The molecule has 2 heterocycles. The predicted molar refractivity (Wildman–Crippen MR) is 130 cm³/mol. The molecule has 2 aliphatic heterocycles. The molecule has 3 atom stereocenters. The average molecular weight is 469 g/mol. The van der Waals surface area contributed by atoms with Crippen molar-refractivity contribution in [3.8, 4) is 5.75 Å². The van der Waals surface area contributed by atoms with Crippen LogP contribution in [0.2, 0.25) is 0 Å². The number of hydrogen-bond acceptors (Lipinski definition) is 5. The first-order chi connectivity index (χ1) is 16.0. The van der Waals surface area contributed by atoms with Gasteiger partial charge in [0.05, 0.1) is 25.8 Å². The highest BCUT2D eigenvalue weighted by molar-refractivity contribution is 7.89. The van der Waals surface area contributed by atoms with E-state index in [0.717, 1.165) is 24.1 Å². The maximum atomic E-state index is 13.9. The minimum absolute atomic E-state index is 0.00738. The minimum Gasteiger partial charge on any atom is -0.495 e. The molecule has 0 spiro atoms. The van der Waals surface area contributed by atoms with Gasteiger partial charge in [-0.3, -0.25) is 0 Å². The molecule has 2 aromatic rings. The summed E-state index contributed by atoms with van der Waals surface area (Å²) in [7, 11) is -0.283. The number of rotatable bonds is 5. The van der Waals surface area contributed by atoms with Gasteiger partial charge in [0.15, 0.2) is 0 Å². The van der Waals surface area contributed by atoms with Crippen molar-refractivity contribution in [2.75, 3.05) is 32.2 Å². The maximum Gasteiger partial charge on any atom is 0.247 e. The highest BCUT2D eigenvalue weighted by Gasteiger charge is 2.50. The van der Waals surface area contributed by atoms with Crippen molar-refractivity contribution < 1.29 is 18.3 Å². The van der Waals surface area contributed by atoms with Crippen molar-refractivity contribution in [2.45, 2.75) is 49.1 Å². The molecule has 0 unspecified atom stereocenters. The first-order valence-electron chi connectivity index (χ1n) is 11.8. The molecule has 7 heteroatoms. The lowest BCUT2D eigenvalue weighted by atomic mass is 9.81. The third kappa shape index (κ3) is 3.66. The van der Waals surface area contributed by atoms with Gasteiger partial charge in [0.1, 0.15) is 10.6 Å². The van der Waals surface area contributed by atoms with Crippen LogP contribution in [0.1, 0.15) is 49.3 Å². The number of hydrogen-bond donors (Lipinski definition) is 1. The Kier molecular flexibility index (Phi) is 5.97. The summed E-state index contributed by atoms with van der Waals surface area (Å²) in [5, 5.41) is 10.2. The summed E-state index contributed by atoms with van der Waals surface area (Å²) >= 11 is 0. The molecular weight excluding hydrogens is 436 g/mol. The maximum absolute atomic E-state index is 13.9. The summed E-state index contributed by atoms with van der Waals surface area (Å²) in [6.45, 7) is 0.416. The Morgan fingerprint density at radius 1 is 1.15 bits per heavy atom. The number of aliphatic hydroxyl groups excluding tert-OH is 1. The molecule has 1 aliphatic carbocycles. The van der Waals surface area contributed by atoms with Crippen LogP contribution in [0.5, 0.6) is 5.75 Å². The van der Waals surface area contributed by atoms with E-state index in [2.05, 4.69) is 29.2 Å². The van der Waals surface area contributed by atoms with Gasteiger partial charge in [0.25, 0.3) is 0 Å². The molecule has 1 saturated heterocycles. The molecule has 6 nitrogen and oxygen atoms in total. The lowest BCUT2D eigenvalue weighted by molar-refractivity contribution is 0.193. The van der Waals surface area contributed by atoms with Crippen LogP contribution in [-0.4, -0.2) is 51.2 Å². The van der Waals surface area contributed by atoms with E-state index in [0.29, 0.717) is 18.7 Å². The van der Waals surface area contributed by atoms with E-state index in [-0.39, 0.29) is 29.5 Å². The zero-order valence-electron chi connectivity index (χ0n) is 19.3. The molecule has 1 N–H and O–H groups in total. The van der Waals surface area contributed by atoms with Gasteiger partial charge in [0.2, 0.25) is 10.0 Å². The summed E-state index contributed by atoms with van der Waals surface area (Å²) < 4.78 is 34.8. The Morgan fingerprint density at radius 3 is 2.70 bits per heavy atom. The zero-order chi connectivity index (χ0) is 23.2. The molecular formula is C26H32N2O4S. The van der Waals surface area contributed by atoms with Gasteiger partial charge in [-0.05, 0) is 73.1 Å². The smallest absolute Gasteiger partial charge is 0.247 e. The van der Waals surface area contributed by atoms with Gasteiger partial charge in [-0.15, -0.1) is 0 Å². The van der Waals surface area contributed by atoms with E-state index in [4.69, 9.17) is 4.74 Å². The molecule has 3 aliphatic rings. The number of fused-ring (bicyclic) bond motifs is 3. The van der Waals surface area contributed by atoms with E-state index in [9.17, 15) is 13.5 Å². The number of aliphatic hydroxyl groups is 1. The lowest BCUT2D eigenvalue weighted by Crippen LogP contribution is -2.48. The number of likely N-dealkylation sites (N-methyl/N-ethyl adjacent to an activating group) is 1. The number of nitrogens with zero attached hydrogens (tertiary/aromatic N) is 2. The van der Waals surface area contributed by atoms with Gasteiger partial charge >= 0.3 is 0 Å². The summed E-state index contributed by atoms with van der Waals surface area (Å²) in [5.74, 6) is 0.376. The summed E-state index contributed by atoms with van der Waals surface area (Å²) in [6, 6.07) is 12.8. The van der Waals surface area contributed by atoms with Crippen LogP contribution in [0, 0.1) is 5.92 Å². The van der Waals surface area contributed by atoms with Gasteiger partial charge in [-0.25, -0.2) is 8.42 Å². The van der Waals surface area contributed by atoms with Crippen LogP contribution in [0.3, 0.4) is 0 Å². The van der Waals surface area contributed by atoms with Gasteiger partial charge in [-0.2, -0.15) is 4.31 Å². The highest BCUT2D eigenvalue weighted by atomic mass is 32.2. The molecule has 2 aromatic carbocycles. The molecule has 1 fully saturated rings. The van der Waals surface area contributed by atoms with Crippen molar-refractivity contribution in [2.24, 2.45) is 5.92 Å². The third-order valence-corrected chi connectivity index (χ3v) is 9.54. The largest absolute Gasteiger partial charge is 0.495 e. The number of ether oxygens (including phenoxy) is 1. The second-order valence-corrected chi connectivity index (χ2v) is 11.1. The molecule has 0 radical (unpaired) electrons. The number of benzene rings is 2. The molecule has 33 heavy (non-hydrogen) atoms. The standard InChI is InChI=1S/C26H32N2O4S/c1-27-22-13-12-19(18-8-4-3-5-9-18)16-21(22)26-20(23(27)17-29)14-15-28(26)33(30,31)25-11-7-6-10-24(25)32-2/h6-8,10-13,16,20,23,26,29H,3-5,9,14-15,17H2,1-2H3/t20-,23+,26-/m1/s1. The van der Waals surface area contributed by atoms with Crippen molar-refractivity contribution in [1.82, 2.24) is 4.31 Å². The summed E-state index contributed by atoms with van der Waals surface area (Å²) in [5.41, 5.74) is 4.57. The number of allylic oxidation sites excluding steroid dienone is 2. The minimum atomic E-state index is -3.79. The topological polar surface area (TPSA) is 70.1 Å². The Labute approximate surface area is 196 Å². The second-order valence-electron chi connectivity index (χ2n) is 9.27. The fourth-order valence-corrected chi connectivity index (χ4v) is 7.76. The monoisotopic (exact) mass is 468 g/mol. The molecule has 0 bridgehead atoms. The van der Waals surface area contributed by atoms with Crippen molar-refractivity contribution in [1.29, 1.82) is 0 Å². The Bertz CT molecular complexity index is 1180. The number of para-hydroxylation sites is 1. The SMILES string of the molecule is COc1ccccc1S(=O)(=O)N1CC[C@@H]2[C@H](CO)N(C)c3ccc(C4=CCCCC4)cc3[C@@H]21. The second kappa shape index (κ2) is 8.78. The van der Waals surface area contributed by atoms with Crippen LogP contribution >= 0.6 is 0 Å². The normalized spacial score (nSPS) is 25.4. The quantitative estimate of drug-likeness (QED) is 0.712. The summed E-state index contributed by atoms with van der Waals surface area (Å²) in [6.07, 6.45) is 7.61. The molecule has 5 rings (SSSR count). The Morgan fingerprint density at radius 2 is 1.97 bits per heavy atom. The van der Waals surface area contributed by atoms with E-state index < -0.39 is 10.0 Å². The molecule has 0 amide bonds. The van der Waals surface area contributed by atoms with E-state index in [1.54, 1.807) is 28.6 Å². The van der Waals surface area contributed by atoms with Crippen LogP contribution in [-0.2, 0) is 10.0 Å². The molecule has 176 valence electrons. The fourth-order valence-electron chi connectivity index (χ4n) is 5.94. The van der Waals surface area contributed by atoms with Crippen molar-refractivity contribution >= 4 is 21.3 Å². The first-order valence-corrected chi connectivity index (χ1v) is 13.2. The van der Waals surface area contributed by atoms with Gasteiger partial charge in [-0.1, -0.05) is 24.3 Å². The number of methoxy groups -OCH3 is 1. The van der Waals surface area contributed by atoms with Crippen LogP contribution in [0.25, 0.3) is 5.57 Å². The summed E-state index contributed by atoms with van der Waals surface area (Å²) in [4.78, 5) is 2.33. The van der Waals surface area contributed by atoms with Crippen molar-refractivity contribution in [3.63, 3.8) is 0 Å². The van der Waals surface area contributed by atoms with Crippen LogP contribution in [0.15, 0.2) is 53.4 Å². The van der Waals surface area contributed by atoms with E-state index >= 15 is 0 Å². The zero-order valence-corrected chi connectivity index (χ0v) is 20.1. The van der Waals surface area contributed by atoms with Crippen LogP contribution < -0.4 is 9.64 Å². The van der Waals surface area contributed by atoms with E-state index in [1.165, 1.54) is 31.1 Å². The Hall–Kier alpha value is -2.35. The number of anilines is 1. The molecule has 0 aromatic heterocycles. The van der Waals surface area contributed by atoms with Crippen LogP contribution in [0.4, 0.5) is 5.69 Å². The third-order valence-electron chi connectivity index (χ3n) is 7.62. The van der Waals surface area contributed by atoms with Gasteiger partial charge in [0, 0.05) is 25.2 Å². The van der Waals surface area contributed by atoms with E-state index in [1.807, 2.05) is 7.05 Å². The average Bonchev–Trinajstić information content (AvgIpc) is 3.30.